The maximum atomic E-state index is 8.80. The van der Waals surface area contributed by atoms with Crippen molar-refractivity contribution in [2.75, 3.05) is 17.2 Å². The summed E-state index contributed by atoms with van der Waals surface area (Å²) in [5.74, 6) is 0.717. The standard InChI is InChI=1S/C15H17N5/c1-12-8-14(17)15(19-9-12)20(7-3-5-16)11-13-4-2-6-18-10-13/h2,4,6,8-10H,3,7,11,17H2,1H3. The van der Waals surface area contributed by atoms with Crippen molar-refractivity contribution < 1.29 is 0 Å². The largest absolute Gasteiger partial charge is 0.396 e. The van der Waals surface area contributed by atoms with Crippen molar-refractivity contribution in [2.45, 2.75) is 19.9 Å². The van der Waals surface area contributed by atoms with Gasteiger partial charge in [0.25, 0.3) is 0 Å². The van der Waals surface area contributed by atoms with Gasteiger partial charge in [0.15, 0.2) is 5.82 Å². The summed E-state index contributed by atoms with van der Waals surface area (Å²) in [5, 5.41) is 8.80. The van der Waals surface area contributed by atoms with Gasteiger partial charge in [-0.2, -0.15) is 5.26 Å². The number of aromatic nitrogens is 2. The van der Waals surface area contributed by atoms with Crippen molar-refractivity contribution >= 4 is 11.5 Å². The minimum absolute atomic E-state index is 0.426. The van der Waals surface area contributed by atoms with E-state index < -0.39 is 0 Å². The molecular formula is C15H17N5. The molecular weight excluding hydrogens is 250 g/mol. The van der Waals surface area contributed by atoms with E-state index in [9.17, 15) is 0 Å². The normalized spacial score (nSPS) is 10.0. The number of rotatable bonds is 5. The molecule has 0 fully saturated rings. The van der Waals surface area contributed by atoms with Gasteiger partial charge in [0, 0.05) is 31.7 Å². The van der Waals surface area contributed by atoms with Gasteiger partial charge < -0.3 is 10.6 Å². The van der Waals surface area contributed by atoms with Gasteiger partial charge in [-0.15, -0.1) is 0 Å². The second kappa shape index (κ2) is 6.53. The zero-order valence-electron chi connectivity index (χ0n) is 11.5. The van der Waals surface area contributed by atoms with Crippen LogP contribution in [0.5, 0.6) is 0 Å². The smallest absolute Gasteiger partial charge is 0.152 e. The fourth-order valence-electron chi connectivity index (χ4n) is 2.01. The summed E-state index contributed by atoms with van der Waals surface area (Å²) < 4.78 is 0. The number of hydrogen-bond acceptors (Lipinski definition) is 5. The van der Waals surface area contributed by atoms with Crippen molar-refractivity contribution in [3.05, 3.63) is 47.9 Å². The molecule has 2 heterocycles. The Kier molecular flexibility index (Phi) is 4.51. The Labute approximate surface area is 118 Å². The lowest BCUT2D eigenvalue weighted by Gasteiger charge is -2.24. The fourth-order valence-corrected chi connectivity index (χ4v) is 2.01. The molecule has 2 aromatic heterocycles. The number of hydrogen-bond donors (Lipinski definition) is 1. The van der Waals surface area contributed by atoms with E-state index in [1.807, 2.05) is 36.2 Å². The summed E-state index contributed by atoms with van der Waals surface area (Å²) in [6, 6.07) is 7.94. The summed E-state index contributed by atoms with van der Waals surface area (Å²) in [5.41, 5.74) is 8.76. The van der Waals surface area contributed by atoms with Gasteiger partial charge in [-0.1, -0.05) is 6.07 Å². The van der Waals surface area contributed by atoms with Gasteiger partial charge in [0.1, 0.15) is 0 Å². The van der Waals surface area contributed by atoms with E-state index in [1.54, 1.807) is 12.4 Å². The van der Waals surface area contributed by atoms with Crippen LogP contribution in [-0.4, -0.2) is 16.5 Å². The molecule has 0 spiro atoms. The van der Waals surface area contributed by atoms with E-state index in [-0.39, 0.29) is 0 Å². The van der Waals surface area contributed by atoms with Gasteiger partial charge in [-0.25, -0.2) is 4.98 Å². The second-order valence-electron chi connectivity index (χ2n) is 4.62. The van der Waals surface area contributed by atoms with E-state index in [2.05, 4.69) is 16.0 Å². The predicted octanol–water partition coefficient (Wildman–Crippen LogP) is 2.29. The average molecular weight is 267 g/mol. The van der Waals surface area contributed by atoms with E-state index in [0.29, 0.717) is 25.2 Å². The monoisotopic (exact) mass is 267 g/mol. The summed E-state index contributed by atoms with van der Waals surface area (Å²) >= 11 is 0. The molecule has 2 rings (SSSR count). The highest BCUT2D eigenvalue weighted by atomic mass is 15.2. The van der Waals surface area contributed by atoms with Gasteiger partial charge in [0.05, 0.1) is 18.2 Å². The molecule has 0 saturated heterocycles. The molecule has 102 valence electrons. The lowest BCUT2D eigenvalue weighted by Crippen LogP contribution is -2.25. The van der Waals surface area contributed by atoms with E-state index in [4.69, 9.17) is 11.0 Å². The third-order valence-corrected chi connectivity index (χ3v) is 2.92. The Morgan fingerprint density at radius 3 is 2.90 bits per heavy atom. The Hall–Kier alpha value is -2.61. The molecule has 0 radical (unpaired) electrons. The Balaban J connectivity index is 2.25. The highest BCUT2D eigenvalue weighted by Gasteiger charge is 2.12. The van der Waals surface area contributed by atoms with Crippen molar-refractivity contribution in [1.29, 1.82) is 5.26 Å². The van der Waals surface area contributed by atoms with Crippen LogP contribution in [0.3, 0.4) is 0 Å². The van der Waals surface area contributed by atoms with Gasteiger partial charge in [-0.3, -0.25) is 4.98 Å². The quantitative estimate of drug-likeness (QED) is 0.899. The zero-order chi connectivity index (χ0) is 14.4. The first kappa shape index (κ1) is 13.8. The summed E-state index contributed by atoms with van der Waals surface area (Å²) in [6.45, 7) is 3.18. The van der Waals surface area contributed by atoms with Crippen LogP contribution >= 0.6 is 0 Å². The minimum Gasteiger partial charge on any atom is -0.396 e. The summed E-state index contributed by atoms with van der Waals surface area (Å²) in [6.07, 6.45) is 5.76. The zero-order valence-corrected chi connectivity index (χ0v) is 11.5. The summed E-state index contributed by atoms with van der Waals surface area (Å²) in [4.78, 5) is 10.5. The average Bonchev–Trinajstić information content (AvgIpc) is 2.45. The van der Waals surface area contributed by atoms with Crippen LogP contribution in [0.1, 0.15) is 17.5 Å². The Morgan fingerprint density at radius 1 is 1.40 bits per heavy atom. The highest BCUT2D eigenvalue weighted by molar-refractivity contribution is 5.63. The molecule has 0 atom stereocenters. The van der Waals surface area contributed by atoms with Crippen LogP contribution in [0, 0.1) is 18.3 Å². The molecule has 2 aromatic rings. The van der Waals surface area contributed by atoms with Crippen molar-refractivity contribution in [3.8, 4) is 6.07 Å². The molecule has 0 amide bonds. The van der Waals surface area contributed by atoms with Crippen LogP contribution in [0.15, 0.2) is 36.8 Å². The molecule has 0 aromatic carbocycles. The molecule has 0 aliphatic carbocycles. The first-order valence-corrected chi connectivity index (χ1v) is 6.43. The SMILES string of the molecule is Cc1cnc(N(CCC#N)Cc2cccnc2)c(N)c1. The van der Waals surface area contributed by atoms with Gasteiger partial charge in [-0.05, 0) is 30.2 Å². The van der Waals surface area contributed by atoms with Gasteiger partial charge >= 0.3 is 0 Å². The summed E-state index contributed by atoms with van der Waals surface area (Å²) in [7, 11) is 0. The molecule has 0 aliphatic rings. The Morgan fingerprint density at radius 2 is 2.25 bits per heavy atom. The number of nitrogen functional groups attached to an aromatic ring is 1. The third-order valence-electron chi connectivity index (χ3n) is 2.92. The van der Waals surface area contributed by atoms with Crippen molar-refractivity contribution in [1.82, 2.24) is 9.97 Å². The first-order valence-electron chi connectivity index (χ1n) is 6.43. The maximum absolute atomic E-state index is 8.80. The Bertz CT molecular complexity index is 603. The highest BCUT2D eigenvalue weighted by Crippen LogP contribution is 2.22. The number of pyridine rings is 2. The van der Waals surface area contributed by atoms with Crippen LogP contribution in [0.4, 0.5) is 11.5 Å². The van der Waals surface area contributed by atoms with Crippen molar-refractivity contribution in [2.24, 2.45) is 0 Å². The lowest BCUT2D eigenvalue weighted by atomic mass is 10.2. The number of nitrogens with two attached hydrogens (primary N) is 1. The molecule has 0 bridgehead atoms. The number of nitrogens with zero attached hydrogens (tertiary/aromatic N) is 4. The first-order chi connectivity index (χ1) is 9.70. The second-order valence-corrected chi connectivity index (χ2v) is 4.62. The van der Waals surface area contributed by atoms with Crippen LogP contribution in [0.2, 0.25) is 0 Å². The molecule has 0 unspecified atom stereocenters. The van der Waals surface area contributed by atoms with Gasteiger partial charge in [0.2, 0.25) is 0 Å². The molecule has 5 nitrogen and oxygen atoms in total. The van der Waals surface area contributed by atoms with Crippen LogP contribution in [-0.2, 0) is 6.54 Å². The van der Waals surface area contributed by atoms with Crippen LogP contribution in [0.25, 0.3) is 0 Å². The maximum Gasteiger partial charge on any atom is 0.152 e. The third kappa shape index (κ3) is 3.45. The van der Waals surface area contributed by atoms with Crippen molar-refractivity contribution in [3.63, 3.8) is 0 Å². The number of aryl methyl sites for hydroxylation is 1. The molecule has 0 aliphatic heterocycles. The van der Waals surface area contributed by atoms with E-state index in [1.165, 1.54) is 0 Å². The lowest BCUT2D eigenvalue weighted by molar-refractivity contribution is 0.781. The fraction of sp³-hybridized carbons (Fsp3) is 0.267. The van der Waals surface area contributed by atoms with E-state index >= 15 is 0 Å². The van der Waals surface area contributed by atoms with E-state index in [0.717, 1.165) is 16.9 Å². The number of nitriles is 1. The minimum atomic E-state index is 0.426. The molecule has 2 N–H and O–H groups in total. The predicted molar refractivity (Wildman–Crippen MR) is 78.9 cm³/mol. The van der Waals surface area contributed by atoms with Crippen LogP contribution < -0.4 is 10.6 Å². The molecule has 20 heavy (non-hydrogen) atoms. The topological polar surface area (TPSA) is 78.8 Å². The molecule has 0 saturated carbocycles. The molecule has 5 heteroatoms. The number of anilines is 2.